The van der Waals surface area contributed by atoms with Crippen molar-refractivity contribution in [2.45, 2.75) is 66.9 Å². The van der Waals surface area contributed by atoms with Gasteiger partial charge in [-0.15, -0.1) is 0 Å². The van der Waals surface area contributed by atoms with Crippen LogP contribution in [0.3, 0.4) is 0 Å². The summed E-state index contributed by atoms with van der Waals surface area (Å²) in [5.74, 6) is 1.52. The zero-order valence-corrected chi connectivity index (χ0v) is 22.0. The van der Waals surface area contributed by atoms with E-state index >= 15 is 0 Å². The van der Waals surface area contributed by atoms with E-state index < -0.39 is 25.9 Å². The van der Waals surface area contributed by atoms with Crippen LogP contribution in [-0.2, 0) is 21.9 Å². The molecule has 2 aliphatic heterocycles. The monoisotopic (exact) mass is 567 g/mol. The third-order valence-electron chi connectivity index (χ3n) is 9.47. The second kappa shape index (κ2) is 7.94. The molecule has 5 aliphatic rings. The minimum absolute atomic E-state index is 0.0539. The number of carbonyl (C=O) groups excluding carboxylic acids is 1. The van der Waals surface area contributed by atoms with Crippen LogP contribution in [0.4, 0.5) is 22.4 Å². The summed E-state index contributed by atoms with van der Waals surface area (Å²) < 4.78 is 76.2. The maximum Gasteiger partial charge on any atom is 0.501 e. The molecule has 3 heterocycles. The molecular weight excluding hydrogens is 538 g/mol. The second-order valence-corrected chi connectivity index (χ2v) is 14.6. The number of nitrogens with one attached hydrogen (secondary N) is 1. The average Bonchev–Trinajstić information content (AvgIpc) is 3.32. The fourth-order valence-corrected chi connectivity index (χ4v) is 8.13. The summed E-state index contributed by atoms with van der Waals surface area (Å²) in [5.41, 5.74) is -5.88. The van der Waals surface area contributed by atoms with E-state index in [9.17, 15) is 30.8 Å². The number of likely N-dealkylation sites (tertiary alicyclic amines) is 2. The Kier molecular flexibility index (Phi) is 5.15. The van der Waals surface area contributed by atoms with Crippen molar-refractivity contribution in [2.75, 3.05) is 26.2 Å². The minimum atomic E-state index is -5.36. The lowest BCUT2D eigenvalue weighted by molar-refractivity contribution is -0.100. The molecule has 2 saturated heterocycles. The summed E-state index contributed by atoms with van der Waals surface area (Å²) in [5, 5.41) is 6.96. The Morgan fingerprint density at radius 1 is 1.03 bits per heavy atom. The number of sulfone groups is 1. The Balaban J connectivity index is 0.858. The van der Waals surface area contributed by atoms with Crippen LogP contribution in [0.25, 0.3) is 0 Å². The first-order chi connectivity index (χ1) is 18.3. The van der Waals surface area contributed by atoms with Crippen molar-refractivity contribution in [3.63, 3.8) is 0 Å². The first kappa shape index (κ1) is 25.3. The van der Waals surface area contributed by atoms with Crippen molar-refractivity contribution in [1.29, 1.82) is 0 Å². The highest BCUT2D eigenvalue weighted by Crippen LogP contribution is 2.57. The number of halogens is 4. The number of benzene rings is 1. The quantitative estimate of drug-likeness (QED) is 0.543. The van der Waals surface area contributed by atoms with E-state index in [0.29, 0.717) is 37.9 Å². The van der Waals surface area contributed by atoms with Gasteiger partial charge in [-0.1, -0.05) is 12.1 Å². The predicted octanol–water partition coefficient (Wildman–Crippen LogP) is 4.31. The molecule has 0 atom stereocenters. The number of alkyl halides is 4. The number of aromatic nitrogens is 3. The van der Waals surface area contributed by atoms with Crippen LogP contribution in [-0.4, -0.2) is 71.1 Å². The maximum atomic E-state index is 14.2. The van der Waals surface area contributed by atoms with Crippen molar-refractivity contribution < 1.29 is 30.8 Å². The Morgan fingerprint density at radius 2 is 1.64 bits per heavy atom. The van der Waals surface area contributed by atoms with Gasteiger partial charge in [-0.2, -0.15) is 18.3 Å². The van der Waals surface area contributed by atoms with Gasteiger partial charge in [0.1, 0.15) is 5.82 Å². The van der Waals surface area contributed by atoms with Crippen molar-refractivity contribution in [3.8, 4) is 0 Å². The van der Waals surface area contributed by atoms with Crippen LogP contribution in [0.15, 0.2) is 29.2 Å². The van der Waals surface area contributed by atoms with Gasteiger partial charge in [-0.05, 0) is 68.6 Å². The molecule has 39 heavy (non-hydrogen) atoms. The summed E-state index contributed by atoms with van der Waals surface area (Å²) in [6.45, 7) is 2.81. The normalized spacial score (nSPS) is 25.1. The lowest BCUT2D eigenvalue weighted by Crippen LogP contribution is -2.70. The number of hydrogen-bond donors (Lipinski definition) is 1. The van der Waals surface area contributed by atoms with Gasteiger partial charge in [0.25, 0.3) is 9.84 Å². The third kappa shape index (κ3) is 4.05. The highest BCUT2D eigenvalue weighted by Gasteiger charge is 2.59. The standard InChI is InChI=1S/C26H29F4N5O3S/c27-25(4-5-25)21-31-20(32-33-21)18-10-24(11-18)14-35(15-24)22(36)34-12-23(13-34)8-17(9-23)6-16-2-1-3-19(7-16)39(37,38)26(28,29)30/h1-3,7,17-18H,4-6,8-15H2,(H,31,32,33). The second-order valence-electron chi connectivity index (χ2n) is 12.7. The van der Waals surface area contributed by atoms with E-state index in [-0.39, 0.29) is 34.5 Å². The first-order valence-corrected chi connectivity index (χ1v) is 14.8. The number of H-pyrrole nitrogens is 1. The largest absolute Gasteiger partial charge is 0.501 e. The molecule has 1 N–H and O–H groups in total. The number of amides is 2. The molecule has 210 valence electrons. The molecule has 1 aromatic heterocycles. The van der Waals surface area contributed by atoms with Gasteiger partial charge >= 0.3 is 11.5 Å². The number of aromatic amines is 1. The molecule has 1 aromatic carbocycles. The molecule has 0 bridgehead atoms. The highest BCUT2D eigenvalue weighted by molar-refractivity contribution is 7.92. The Labute approximate surface area is 223 Å². The van der Waals surface area contributed by atoms with E-state index in [0.717, 1.165) is 56.7 Å². The third-order valence-corrected chi connectivity index (χ3v) is 10.9. The summed E-state index contributed by atoms with van der Waals surface area (Å²) in [6.07, 6.45) is 5.07. The van der Waals surface area contributed by atoms with E-state index in [4.69, 9.17) is 0 Å². The van der Waals surface area contributed by atoms with Crippen LogP contribution in [0.2, 0.25) is 0 Å². The van der Waals surface area contributed by atoms with Gasteiger partial charge in [0.15, 0.2) is 11.5 Å². The number of carbonyl (C=O) groups is 1. The molecule has 2 aromatic rings. The Bertz CT molecular complexity index is 1430. The highest BCUT2D eigenvalue weighted by atomic mass is 32.2. The molecule has 3 saturated carbocycles. The van der Waals surface area contributed by atoms with E-state index in [1.165, 1.54) is 6.07 Å². The zero-order valence-electron chi connectivity index (χ0n) is 21.2. The van der Waals surface area contributed by atoms with Gasteiger partial charge < -0.3 is 9.80 Å². The zero-order chi connectivity index (χ0) is 27.4. The fourth-order valence-electron chi connectivity index (χ4n) is 7.30. The number of urea groups is 1. The molecule has 13 heteroatoms. The summed E-state index contributed by atoms with van der Waals surface area (Å²) in [6, 6.07) is 5.17. The summed E-state index contributed by atoms with van der Waals surface area (Å²) in [7, 11) is -5.36. The van der Waals surface area contributed by atoms with Crippen molar-refractivity contribution in [2.24, 2.45) is 16.7 Å². The van der Waals surface area contributed by atoms with E-state index in [1.807, 2.05) is 9.80 Å². The summed E-state index contributed by atoms with van der Waals surface area (Å²) >= 11 is 0. The molecule has 0 radical (unpaired) electrons. The van der Waals surface area contributed by atoms with Crippen LogP contribution >= 0.6 is 0 Å². The van der Waals surface area contributed by atoms with Gasteiger partial charge in [0.2, 0.25) is 0 Å². The molecule has 3 aliphatic carbocycles. The molecule has 8 nitrogen and oxygen atoms in total. The first-order valence-electron chi connectivity index (χ1n) is 13.3. The molecule has 7 rings (SSSR count). The Morgan fingerprint density at radius 3 is 2.23 bits per heavy atom. The van der Waals surface area contributed by atoms with Crippen molar-refractivity contribution in [3.05, 3.63) is 41.5 Å². The maximum absolute atomic E-state index is 14.2. The number of hydrogen-bond acceptors (Lipinski definition) is 5. The average molecular weight is 568 g/mol. The molecule has 2 amide bonds. The molecule has 0 unspecified atom stereocenters. The van der Waals surface area contributed by atoms with Crippen LogP contribution in [0, 0.1) is 16.7 Å². The predicted molar refractivity (Wildman–Crippen MR) is 130 cm³/mol. The van der Waals surface area contributed by atoms with Gasteiger partial charge in [0, 0.05) is 42.9 Å². The van der Waals surface area contributed by atoms with Gasteiger partial charge in [-0.25, -0.2) is 22.6 Å². The van der Waals surface area contributed by atoms with Crippen LogP contribution in [0.1, 0.15) is 61.7 Å². The lowest BCUT2D eigenvalue weighted by atomic mass is 9.56. The number of nitrogens with zero attached hydrogens (tertiary/aromatic N) is 4. The molecule has 5 fully saturated rings. The molecule has 2 spiro atoms. The molecular formula is C26H29F4N5O3S. The number of rotatable bonds is 5. The van der Waals surface area contributed by atoms with Gasteiger partial charge in [-0.3, -0.25) is 5.10 Å². The van der Waals surface area contributed by atoms with Crippen molar-refractivity contribution >= 4 is 15.9 Å². The minimum Gasteiger partial charge on any atom is -0.323 e. The fraction of sp³-hybridized carbons (Fsp3) is 0.654. The van der Waals surface area contributed by atoms with E-state index in [2.05, 4.69) is 15.2 Å². The Hall–Kier alpha value is -2.70. The van der Waals surface area contributed by atoms with Gasteiger partial charge in [0.05, 0.1) is 4.90 Å². The lowest BCUT2D eigenvalue weighted by Gasteiger charge is -2.63. The van der Waals surface area contributed by atoms with Crippen LogP contribution < -0.4 is 0 Å². The SMILES string of the molecule is O=C(N1CC2(CC(Cc3cccc(S(=O)(=O)C(F)(F)F)c3)C2)C1)N1CC2(CC(c3nc(C4(F)CC4)n[nH]3)C2)C1. The summed E-state index contributed by atoms with van der Waals surface area (Å²) in [4.78, 5) is 20.4. The van der Waals surface area contributed by atoms with Crippen molar-refractivity contribution in [1.82, 2.24) is 25.0 Å². The topological polar surface area (TPSA) is 99.3 Å². The smallest absolute Gasteiger partial charge is 0.323 e. The van der Waals surface area contributed by atoms with Crippen LogP contribution in [0.5, 0.6) is 0 Å². The van der Waals surface area contributed by atoms with E-state index in [1.54, 1.807) is 6.07 Å².